The molecule has 0 saturated heterocycles. The lowest BCUT2D eigenvalue weighted by molar-refractivity contribution is 0.799. The van der Waals surface area contributed by atoms with Crippen LogP contribution in [0.5, 0.6) is 0 Å². The van der Waals surface area contributed by atoms with Crippen molar-refractivity contribution in [3.05, 3.63) is 84.8 Å². The molecule has 0 fully saturated rings. The fourth-order valence-electron chi connectivity index (χ4n) is 5.88. The summed E-state index contributed by atoms with van der Waals surface area (Å²) in [4.78, 5) is 25.7. The molecule has 3 heterocycles. The SMILES string of the molecule is Cc1nc2c3ccc(-c4ccc5c(c4)c4ccccc4c4nc(C(C)C)[nH]c54)cc3c3cncnc3c2[nH]1. The van der Waals surface area contributed by atoms with E-state index in [2.05, 4.69) is 94.4 Å². The Balaban J connectivity index is 1.42. The molecule has 6 nitrogen and oxygen atoms in total. The molecule has 182 valence electrons. The highest BCUT2D eigenvalue weighted by molar-refractivity contribution is 6.24. The molecule has 38 heavy (non-hydrogen) atoms. The molecule has 8 rings (SSSR count). The first kappa shape index (κ1) is 21.3. The van der Waals surface area contributed by atoms with E-state index in [1.54, 1.807) is 6.33 Å². The molecule has 6 heteroatoms. The summed E-state index contributed by atoms with van der Waals surface area (Å²) in [5.41, 5.74) is 7.26. The number of aryl methyl sites for hydroxylation is 1. The molecule has 2 N–H and O–H groups in total. The Morgan fingerprint density at radius 3 is 2.11 bits per heavy atom. The van der Waals surface area contributed by atoms with Gasteiger partial charge in [0, 0.05) is 33.7 Å². The third-order valence-corrected chi connectivity index (χ3v) is 7.70. The topological polar surface area (TPSA) is 83.1 Å². The predicted octanol–water partition coefficient (Wildman–Crippen LogP) is 7.94. The Morgan fingerprint density at radius 1 is 0.632 bits per heavy atom. The highest BCUT2D eigenvalue weighted by Gasteiger charge is 2.17. The maximum absolute atomic E-state index is 4.98. The first-order valence-corrected chi connectivity index (χ1v) is 12.9. The molecular formula is C32H24N6. The van der Waals surface area contributed by atoms with Gasteiger partial charge >= 0.3 is 0 Å². The van der Waals surface area contributed by atoms with Crippen molar-refractivity contribution in [1.82, 2.24) is 29.9 Å². The number of nitrogens with one attached hydrogen (secondary N) is 2. The summed E-state index contributed by atoms with van der Waals surface area (Å²) in [5.74, 6) is 2.23. The summed E-state index contributed by atoms with van der Waals surface area (Å²) in [6, 6.07) is 21.9. The Morgan fingerprint density at radius 2 is 1.32 bits per heavy atom. The van der Waals surface area contributed by atoms with Gasteiger partial charge in [-0.1, -0.05) is 62.4 Å². The number of benzene rings is 5. The number of nitrogens with zero attached hydrogens (tertiary/aromatic N) is 4. The maximum atomic E-state index is 4.98. The number of aromatic nitrogens is 6. The van der Waals surface area contributed by atoms with Gasteiger partial charge in [-0.05, 0) is 46.3 Å². The number of hydrogen-bond acceptors (Lipinski definition) is 4. The number of aromatic amines is 2. The molecular weight excluding hydrogens is 468 g/mol. The Bertz CT molecular complexity index is 2240. The second-order valence-electron chi connectivity index (χ2n) is 10.4. The van der Waals surface area contributed by atoms with Crippen LogP contribution < -0.4 is 0 Å². The van der Waals surface area contributed by atoms with Crippen LogP contribution in [0.3, 0.4) is 0 Å². The minimum atomic E-state index is 0.330. The van der Waals surface area contributed by atoms with Gasteiger partial charge in [0.05, 0.1) is 27.6 Å². The Hall–Kier alpha value is -4.84. The van der Waals surface area contributed by atoms with Crippen molar-refractivity contribution < 1.29 is 0 Å². The first-order chi connectivity index (χ1) is 18.6. The van der Waals surface area contributed by atoms with Crippen LogP contribution in [0.2, 0.25) is 0 Å². The zero-order valence-corrected chi connectivity index (χ0v) is 21.3. The average molecular weight is 493 g/mol. The van der Waals surface area contributed by atoms with Gasteiger partial charge in [-0.15, -0.1) is 0 Å². The van der Waals surface area contributed by atoms with Crippen molar-refractivity contribution in [3.8, 4) is 11.1 Å². The Kier molecular flexibility index (Phi) is 4.24. The average Bonchev–Trinajstić information content (AvgIpc) is 3.58. The van der Waals surface area contributed by atoms with Gasteiger partial charge in [0.2, 0.25) is 0 Å². The largest absolute Gasteiger partial charge is 0.341 e. The zero-order valence-electron chi connectivity index (χ0n) is 21.3. The summed E-state index contributed by atoms with van der Waals surface area (Å²) in [6.07, 6.45) is 3.50. The van der Waals surface area contributed by atoms with Gasteiger partial charge in [-0.2, -0.15) is 0 Å². The first-order valence-electron chi connectivity index (χ1n) is 12.9. The molecule has 0 saturated carbocycles. The fourth-order valence-corrected chi connectivity index (χ4v) is 5.88. The standard InChI is InChI=1S/C32H24N6/c1-16(2)32-37-28-21-7-5-4-6-20(21)24-12-18(8-10-22(24)29(28)38-32)19-9-11-23-25(13-19)26-14-33-15-34-27(26)31-30(23)35-17(3)36-31/h4-16H,1-3H3,(H,35,36)(H,37,38). The summed E-state index contributed by atoms with van der Waals surface area (Å²) in [5, 5.41) is 8.02. The molecule has 5 aromatic carbocycles. The molecule has 0 aliphatic heterocycles. The summed E-state index contributed by atoms with van der Waals surface area (Å²) in [7, 11) is 0. The van der Waals surface area contributed by atoms with E-state index in [-0.39, 0.29) is 0 Å². The van der Waals surface area contributed by atoms with Gasteiger partial charge < -0.3 is 9.97 Å². The van der Waals surface area contributed by atoms with Crippen LogP contribution in [-0.4, -0.2) is 29.9 Å². The molecule has 8 aromatic rings. The van der Waals surface area contributed by atoms with Gasteiger partial charge in [-0.3, -0.25) is 0 Å². The third kappa shape index (κ3) is 2.88. The molecule has 0 unspecified atom stereocenters. The lowest BCUT2D eigenvalue weighted by atomic mass is 9.94. The van der Waals surface area contributed by atoms with Gasteiger partial charge in [-0.25, -0.2) is 19.9 Å². The number of H-pyrrole nitrogens is 2. The monoisotopic (exact) mass is 492 g/mol. The van der Waals surface area contributed by atoms with Gasteiger partial charge in [0.15, 0.2) is 0 Å². The van der Waals surface area contributed by atoms with Crippen molar-refractivity contribution in [1.29, 1.82) is 0 Å². The van der Waals surface area contributed by atoms with E-state index in [1.165, 1.54) is 21.5 Å². The lowest BCUT2D eigenvalue weighted by Gasteiger charge is -2.11. The summed E-state index contributed by atoms with van der Waals surface area (Å²) in [6.45, 7) is 6.33. The van der Waals surface area contributed by atoms with Crippen molar-refractivity contribution in [2.24, 2.45) is 0 Å². The van der Waals surface area contributed by atoms with Crippen LogP contribution in [0, 0.1) is 6.92 Å². The van der Waals surface area contributed by atoms with E-state index >= 15 is 0 Å². The maximum Gasteiger partial charge on any atom is 0.116 e. The smallest absolute Gasteiger partial charge is 0.116 e. The molecule has 0 atom stereocenters. The van der Waals surface area contributed by atoms with Crippen molar-refractivity contribution in [3.63, 3.8) is 0 Å². The van der Waals surface area contributed by atoms with Crippen LogP contribution in [0.25, 0.3) is 76.4 Å². The summed E-state index contributed by atoms with van der Waals surface area (Å²) < 4.78 is 0. The van der Waals surface area contributed by atoms with Crippen LogP contribution >= 0.6 is 0 Å². The van der Waals surface area contributed by atoms with E-state index in [1.807, 2.05) is 13.1 Å². The molecule has 0 spiro atoms. The van der Waals surface area contributed by atoms with Gasteiger partial charge in [0.25, 0.3) is 0 Å². The highest BCUT2D eigenvalue weighted by Crippen LogP contribution is 2.39. The molecule has 0 amide bonds. The minimum absolute atomic E-state index is 0.330. The number of fused-ring (bicyclic) bond motifs is 12. The zero-order chi connectivity index (χ0) is 25.5. The van der Waals surface area contributed by atoms with E-state index in [4.69, 9.17) is 9.97 Å². The number of rotatable bonds is 2. The van der Waals surface area contributed by atoms with Crippen molar-refractivity contribution in [2.45, 2.75) is 26.7 Å². The van der Waals surface area contributed by atoms with Crippen molar-refractivity contribution >= 4 is 65.3 Å². The second-order valence-corrected chi connectivity index (χ2v) is 10.4. The second kappa shape index (κ2) is 7.59. The predicted molar refractivity (Wildman–Crippen MR) is 156 cm³/mol. The minimum Gasteiger partial charge on any atom is -0.341 e. The van der Waals surface area contributed by atoms with Gasteiger partial charge in [0.1, 0.15) is 18.0 Å². The Labute approximate surface area is 217 Å². The van der Waals surface area contributed by atoms with Crippen LogP contribution in [0.1, 0.15) is 31.4 Å². The summed E-state index contributed by atoms with van der Waals surface area (Å²) >= 11 is 0. The van der Waals surface area contributed by atoms with Crippen molar-refractivity contribution in [2.75, 3.05) is 0 Å². The molecule has 0 bridgehead atoms. The number of hydrogen-bond donors (Lipinski definition) is 2. The quantitative estimate of drug-likeness (QED) is 0.240. The van der Waals surface area contributed by atoms with E-state index < -0.39 is 0 Å². The van der Waals surface area contributed by atoms with E-state index in [9.17, 15) is 0 Å². The highest BCUT2D eigenvalue weighted by atomic mass is 14.9. The third-order valence-electron chi connectivity index (χ3n) is 7.70. The normalized spacial score (nSPS) is 12.3. The van der Waals surface area contributed by atoms with E-state index in [0.29, 0.717) is 5.92 Å². The van der Waals surface area contributed by atoms with Crippen LogP contribution in [0.15, 0.2) is 73.2 Å². The lowest BCUT2D eigenvalue weighted by Crippen LogP contribution is -1.88. The molecule has 0 radical (unpaired) electrons. The van der Waals surface area contributed by atoms with Crippen LogP contribution in [-0.2, 0) is 0 Å². The number of imidazole rings is 2. The van der Waals surface area contributed by atoms with E-state index in [0.717, 1.165) is 66.5 Å². The van der Waals surface area contributed by atoms with Crippen LogP contribution in [0.4, 0.5) is 0 Å². The molecule has 3 aromatic heterocycles. The fraction of sp³-hybridized carbons (Fsp3) is 0.125. The molecule has 0 aliphatic rings. The molecule has 0 aliphatic carbocycles.